The van der Waals surface area contributed by atoms with Crippen molar-refractivity contribution < 1.29 is 9.18 Å². The lowest BCUT2D eigenvalue weighted by Gasteiger charge is -2.04. The summed E-state index contributed by atoms with van der Waals surface area (Å²) >= 11 is 0. The molecular formula is C20H15FN4O. The van der Waals surface area contributed by atoms with Gasteiger partial charge in [-0.05, 0) is 17.7 Å². The van der Waals surface area contributed by atoms with Crippen LogP contribution in [0.3, 0.4) is 0 Å². The first-order valence-corrected chi connectivity index (χ1v) is 8.12. The number of carbonyl (C=O) groups is 1. The maximum absolute atomic E-state index is 13.0. The summed E-state index contributed by atoms with van der Waals surface area (Å²) in [5.74, 6) is 0.0655. The molecule has 1 N–H and O–H groups in total. The lowest BCUT2D eigenvalue weighted by molar-refractivity contribution is 0.0948. The number of nitrogens with one attached hydrogen (secondary N) is 1. The highest BCUT2D eigenvalue weighted by molar-refractivity contribution is 5.99. The van der Waals surface area contributed by atoms with Gasteiger partial charge in [0.2, 0.25) is 0 Å². The molecule has 26 heavy (non-hydrogen) atoms. The number of nitrogens with zero attached hydrogens (tertiary/aromatic N) is 3. The Balaban J connectivity index is 1.65. The molecule has 0 saturated heterocycles. The molecule has 4 aromatic rings. The maximum atomic E-state index is 13.0. The predicted molar refractivity (Wildman–Crippen MR) is 96.0 cm³/mol. The van der Waals surface area contributed by atoms with E-state index in [-0.39, 0.29) is 11.7 Å². The average molecular weight is 346 g/mol. The molecule has 0 fully saturated rings. The summed E-state index contributed by atoms with van der Waals surface area (Å²) in [6.07, 6.45) is 5.05. The first-order valence-electron chi connectivity index (χ1n) is 8.12. The Labute approximate surface area is 149 Å². The van der Waals surface area contributed by atoms with E-state index in [1.165, 1.54) is 12.1 Å². The quantitative estimate of drug-likeness (QED) is 0.616. The molecule has 1 amide bonds. The van der Waals surface area contributed by atoms with E-state index in [9.17, 15) is 9.18 Å². The van der Waals surface area contributed by atoms with Crippen LogP contribution in [0.4, 0.5) is 4.39 Å². The highest BCUT2D eigenvalue weighted by atomic mass is 19.1. The summed E-state index contributed by atoms with van der Waals surface area (Å²) in [6.45, 7) is 0.291. The van der Waals surface area contributed by atoms with Gasteiger partial charge in [-0.15, -0.1) is 0 Å². The Morgan fingerprint density at radius 1 is 1.08 bits per heavy atom. The smallest absolute Gasteiger partial charge is 0.272 e. The molecule has 0 spiro atoms. The van der Waals surface area contributed by atoms with Crippen molar-refractivity contribution in [2.75, 3.05) is 0 Å². The number of fused-ring (bicyclic) bond motifs is 1. The zero-order chi connectivity index (χ0) is 17.9. The first kappa shape index (κ1) is 16.0. The van der Waals surface area contributed by atoms with Crippen LogP contribution in [0.15, 0.2) is 73.2 Å². The summed E-state index contributed by atoms with van der Waals surface area (Å²) in [5.41, 5.74) is 2.65. The van der Waals surface area contributed by atoms with Gasteiger partial charge in [0.15, 0.2) is 5.69 Å². The minimum atomic E-state index is -0.307. The zero-order valence-corrected chi connectivity index (χ0v) is 13.8. The standard InChI is InChI=1S/C20H15FN4O/c21-16-8-6-14(7-9-16)12-23-20(26)18-17-13-22-10-11-25(17)19(24-18)15-4-2-1-3-5-15/h1-11,13H,12H2,(H,23,26). The van der Waals surface area contributed by atoms with Gasteiger partial charge in [-0.2, -0.15) is 0 Å². The summed E-state index contributed by atoms with van der Waals surface area (Å²) in [4.78, 5) is 21.3. The van der Waals surface area contributed by atoms with Gasteiger partial charge in [0, 0.05) is 24.5 Å². The highest BCUT2D eigenvalue weighted by Crippen LogP contribution is 2.22. The number of aromatic nitrogens is 3. The van der Waals surface area contributed by atoms with Crippen molar-refractivity contribution in [2.45, 2.75) is 6.54 Å². The molecule has 2 aromatic heterocycles. The molecule has 6 heteroatoms. The van der Waals surface area contributed by atoms with E-state index in [4.69, 9.17) is 0 Å². The number of hydrogen-bond acceptors (Lipinski definition) is 3. The molecule has 2 heterocycles. The van der Waals surface area contributed by atoms with Crippen LogP contribution in [0.2, 0.25) is 0 Å². The van der Waals surface area contributed by atoms with E-state index in [0.717, 1.165) is 11.1 Å². The fourth-order valence-electron chi connectivity index (χ4n) is 2.76. The van der Waals surface area contributed by atoms with Crippen LogP contribution in [0, 0.1) is 5.82 Å². The van der Waals surface area contributed by atoms with Crippen LogP contribution in [-0.4, -0.2) is 20.3 Å². The lowest BCUT2D eigenvalue weighted by Crippen LogP contribution is -2.23. The Bertz CT molecular complexity index is 1060. The molecule has 0 radical (unpaired) electrons. The van der Waals surface area contributed by atoms with E-state index >= 15 is 0 Å². The van der Waals surface area contributed by atoms with E-state index in [2.05, 4.69) is 15.3 Å². The van der Waals surface area contributed by atoms with Crippen molar-refractivity contribution in [3.63, 3.8) is 0 Å². The Kier molecular flexibility index (Phi) is 4.15. The number of carbonyl (C=O) groups excluding carboxylic acids is 1. The van der Waals surface area contributed by atoms with Crippen LogP contribution >= 0.6 is 0 Å². The summed E-state index contributed by atoms with van der Waals surface area (Å²) < 4.78 is 14.8. The average Bonchev–Trinajstić information content (AvgIpc) is 3.08. The van der Waals surface area contributed by atoms with Gasteiger partial charge in [0.25, 0.3) is 5.91 Å². The van der Waals surface area contributed by atoms with Crippen molar-refractivity contribution in [2.24, 2.45) is 0 Å². The van der Waals surface area contributed by atoms with Crippen LogP contribution in [0.25, 0.3) is 16.9 Å². The van der Waals surface area contributed by atoms with E-state index in [0.29, 0.717) is 23.6 Å². The number of rotatable bonds is 4. The van der Waals surface area contributed by atoms with Gasteiger partial charge in [-0.3, -0.25) is 14.2 Å². The van der Waals surface area contributed by atoms with Gasteiger partial charge in [-0.25, -0.2) is 9.37 Å². The van der Waals surface area contributed by atoms with Crippen LogP contribution in [0.5, 0.6) is 0 Å². The molecule has 0 bridgehead atoms. The molecule has 0 unspecified atom stereocenters. The van der Waals surface area contributed by atoms with E-state index in [1.807, 2.05) is 34.7 Å². The molecule has 0 atom stereocenters. The van der Waals surface area contributed by atoms with Crippen LogP contribution in [-0.2, 0) is 6.54 Å². The third-order valence-corrected chi connectivity index (χ3v) is 4.06. The van der Waals surface area contributed by atoms with Gasteiger partial charge < -0.3 is 5.32 Å². The number of imidazole rings is 1. The molecule has 0 aliphatic heterocycles. The Morgan fingerprint density at radius 3 is 2.62 bits per heavy atom. The van der Waals surface area contributed by atoms with Crippen molar-refractivity contribution in [1.82, 2.24) is 19.7 Å². The van der Waals surface area contributed by atoms with Gasteiger partial charge in [0.05, 0.1) is 11.7 Å². The van der Waals surface area contributed by atoms with Crippen molar-refractivity contribution >= 4 is 11.4 Å². The number of halogens is 1. The normalized spacial score (nSPS) is 10.8. The molecule has 0 saturated carbocycles. The fraction of sp³-hybridized carbons (Fsp3) is 0.0500. The summed E-state index contributed by atoms with van der Waals surface area (Å²) in [7, 11) is 0. The van der Waals surface area contributed by atoms with Crippen LogP contribution in [0.1, 0.15) is 16.1 Å². The third-order valence-electron chi connectivity index (χ3n) is 4.06. The largest absolute Gasteiger partial charge is 0.347 e. The van der Waals surface area contributed by atoms with Gasteiger partial charge in [0.1, 0.15) is 11.6 Å². The first-order chi connectivity index (χ1) is 12.7. The zero-order valence-electron chi connectivity index (χ0n) is 13.8. The van der Waals surface area contributed by atoms with Crippen molar-refractivity contribution in [1.29, 1.82) is 0 Å². The van der Waals surface area contributed by atoms with Crippen molar-refractivity contribution in [3.05, 3.63) is 90.3 Å². The molecule has 0 aliphatic rings. The molecular weight excluding hydrogens is 331 g/mol. The fourth-order valence-corrected chi connectivity index (χ4v) is 2.76. The SMILES string of the molecule is O=C(NCc1ccc(F)cc1)c1nc(-c2ccccc2)n2ccncc12. The van der Waals surface area contributed by atoms with Crippen molar-refractivity contribution in [3.8, 4) is 11.4 Å². The van der Waals surface area contributed by atoms with Crippen LogP contribution < -0.4 is 5.32 Å². The van der Waals surface area contributed by atoms with E-state index in [1.54, 1.807) is 30.7 Å². The second kappa shape index (κ2) is 6.76. The lowest BCUT2D eigenvalue weighted by atomic mass is 10.2. The number of amides is 1. The monoisotopic (exact) mass is 346 g/mol. The molecule has 0 aliphatic carbocycles. The highest BCUT2D eigenvalue weighted by Gasteiger charge is 2.18. The third kappa shape index (κ3) is 3.04. The number of benzene rings is 2. The van der Waals surface area contributed by atoms with E-state index < -0.39 is 0 Å². The second-order valence-corrected chi connectivity index (χ2v) is 5.79. The number of hydrogen-bond donors (Lipinski definition) is 1. The summed E-state index contributed by atoms with van der Waals surface area (Å²) in [6, 6.07) is 15.7. The molecule has 128 valence electrons. The predicted octanol–water partition coefficient (Wildman–Crippen LogP) is 3.47. The van der Waals surface area contributed by atoms with Gasteiger partial charge >= 0.3 is 0 Å². The summed E-state index contributed by atoms with van der Waals surface area (Å²) in [5, 5.41) is 2.83. The topological polar surface area (TPSA) is 59.3 Å². The maximum Gasteiger partial charge on any atom is 0.272 e. The Morgan fingerprint density at radius 2 is 1.85 bits per heavy atom. The van der Waals surface area contributed by atoms with Gasteiger partial charge in [-0.1, -0.05) is 42.5 Å². The molecule has 5 nitrogen and oxygen atoms in total. The minimum absolute atomic E-state index is 0.291. The minimum Gasteiger partial charge on any atom is -0.347 e. The molecule has 2 aromatic carbocycles. The second-order valence-electron chi connectivity index (χ2n) is 5.79. The molecule has 4 rings (SSSR count). The Hall–Kier alpha value is -3.54.